The van der Waals surface area contributed by atoms with E-state index in [1.54, 1.807) is 30.5 Å². The Labute approximate surface area is 258 Å². The summed E-state index contributed by atoms with van der Waals surface area (Å²) in [5.74, 6) is 2.09. The lowest BCUT2D eigenvalue weighted by atomic mass is 10.0. The molecule has 1 saturated heterocycles. The quantitative estimate of drug-likeness (QED) is 0.216. The number of nitrogens with one attached hydrogen (secondary N) is 3. The lowest BCUT2D eigenvalue weighted by Crippen LogP contribution is -2.42. The minimum absolute atomic E-state index is 0.0666. The Bertz CT molecular complexity index is 1720. The van der Waals surface area contributed by atoms with Gasteiger partial charge in [-0.3, -0.25) is 4.90 Å². The smallest absolute Gasteiger partial charge is 0.244 e. The van der Waals surface area contributed by atoms with E-state index in [0.717, 1.165) is 55.1 Å². The number of hydrogen-bond donors (Lipinski definition) is 3. The van der Waals surface area contributed by atoms with Gasteiger partial charge in [0, 0.05) is 70.2 Å². The van der Waals surface area contributed by atoms with E-state index in [2.05, 4.69) is 31.0 Å². The number of piperazine rings is 1. The summed E-state index contributed by atoms with van der Waals surface area (Å²) in [6.07, 6.45) is 1.61. The molecule has 12 nitrogen and oxygen atoms in total. The molecule has 44 heavy (non-hydrogen) atoms. The lowest BCUT2D eigenvalue weighted by Gasteiger charge is -2.25. The fraction of sp³-hybridized carbons (Fsp3) is 0.387. The summed E-state index contributed by atoms with van der Waals surface area (Å²) in [7, 11) is -0.677. The first-order valence-electron chi connectivity index (χ1n) is 14.6. The molecule has 3 heterocycles. The summed E-state index contributed by atoms with van der Waals surface area (Å²) in [5, 5.41) is 14.2. The Kier molecular flexibility index (Phi) is 9.49. The van der Waals surface area contributed by atoms with Crippen molar-refractivity contribution in [2.45, 2.75) is 45.2 Å². The van der Waals surface area contributed by atoms with Gasteiger partial charge >= 0.3 is 0 Å². The van der Waals surface area contributed by atoms with Gasteiger partial charge in [0.05, 0.1) is 23.2 Å². The van der Waals surface area contributed by atoms with Gasteiger partial charge in [-0.15, -0.1) is 0 Å². The minimum Gasteiger partial charge on any atom is -0.489 e. The predicted molar refractivity (Wildman–Crippen MR) is 171 cm³/mol. The molecule has 0 aliphatic carbocycles. The van der Waals surface area contributed by atoms with E-state index in [9.17, 15) is 8.42 Å². The second-order valence-corrected chi connectivity index (χ2v) is 13.4. The zero-order valence-electron chi connectivity index (χ0n) is 26.0. The number of ether oxygens (including phenoxy) is 1. The van der Waals surface area contributed by atoms with E-state index in [-0.39, 0.29) is 11.0 Å². The van der Waals surface area contributed by atoms with Gasteiger partial charge in [-0.05, 0) is 57.5 Å². The van der Waals surface area contributed by atoms with Crippen molar-refractivity contribution in [1.82, 2.24) is 29.6 Å². The van der Waals surface area contributed by atoms with E-state index >= 15 is 0 Å². The van der Waals surface area contributed by atoms with Gasteiger partial charge in [0.25, 0.3) is 0 Å². The molecule has 0 radical (unpaired) electrons. The standard InChI is InChI=1S/C31H40N8O4S/c1-20(2)42-28-15-21(3)24(27-16-23(37-43-27)19-39-13-11-32-12-14-39)17-26(28)35-31-33-18-22(4)30(36-31)34-25-9-7-8-10-29(25)44(40,41)38(5)6/h7-10,15-18,20,32H,11-14,19H2,1-6H3,(H2,33,34,35,36). The molecule has 2 aromatic heterocycles. The molecule has 1 aliphatic heterocycles. The molecule has 0 saturated carbocycles. The van der Waals surface area contributed by atoms with Crippen LogP contribution in [-0.2, 0) is 16.6 Å². The third kappa shape index (κ3) is 7.18. The van der Waals surface area contributed by atoms with Gasteiger partial charge in [-0.25, -0.2) is 17.7 Å². The molecule has 0 unspecified atom stereocenters. The average molecular weight is 621 g/mol. The number of hydrogen-bond acceptors (Lipinski definition) is 11. The van der Waals surface area contributed by atoms with Gasteiger partial charge in [-0.2, -0.15) is 4.98 Å². The van der Waals surface area contributed by atoms with Crippen LogP contribution in [0.15, 0.2) is 58.1 Å². The van der Waals surface area contributed by atoms with E-state index in [4.69, 9.17) is 14.2 Å². The Hall–Kier alpha value is -4.04. The topological polar surface area (TPSA) is 138 Å². The van der Waals surface area contributed by atoms with Crippen LogP contribution in [0.2, 0.25) is 0 Å². The molecule has 13 heteroatoms. The number of aromatic nitrogens is 3. The number of sulfonamides is 1. The third-order valence-corrected chi connectivity index (χ3v) is 9.10. The van der Waals surface area contributed by atoms with E-state index < -0.39 is 10.0 Å². The molecular weight excluding hydrogens is 580 g/mol. The first-order chi connectivity index (χ1) is 21.0. The Morgan fingerprint density at radius 1 is 1.05 bits per heavy atom. The molecule has 1 aliphatic rings. The summed E-state index contributed by atoms with van der Waals surface area (Å²) >= 11 is 0. The molecular formula is C31H40N8O4S. The number of aryl methyl sites for hydroxylation is 2. The van der Waals surface area contributed by atoms with E-state index in [1.807, 2.05) is 45.9 Å². The fourth-order valence-electron chi connectivity index (χ4n) is 4.88. The number of rotatable bonds is 11. The van der Waals surface area contributed by atoms with Crippen molar-refractivity contribution < 1.29 is 17.7 Å². The highest BCUT2D eigenvalue weighted by Crippen LogP contribution is 2.37. The Morgan fingerprint density at radius 3 is 2.52 bits per heavy atom. The van der Waals surface area contributed by atoms with Crippen LogP contribution in [0, 0.1) is 13.8 Å². The zero-order valence-corrected chi connectivity index (χ0v) is 26.8. The van der Waals surface area contributed by atoms with Crippen molar-refractivity contribution in [3.63, 3.8) is 0 Å². The summed E-state index contributed by atoms with van der Waals surface area (Å²) in [6, 6.07) is 12.6. The Balaban J connectivity index is 1.45. The van der Waals surface area contributed by atoms with E-state index in [0.29, 0.717) is 34.7 Å². The van der Waals surface area contributed by atoms with Crippen molar-refractivity contribution in [3.05, 3.63) is 65.5 Å². The number of para-hydroxylation sites is 1. The monoisotopic (exact) mass is 620 g/mol. The Morgan fingerprint density at radius 2 is 1.80 bits per heavy atom. The lowest BCUT2D eigenvalue weighted by molar-refractivity contribution is 0.227. The largest absolute Gasteiger partial charge is 0.489 e. The molecule has 0 amide bonds. The first-order valence-corrected chi connectivity index (χ1v) is 16.0. The van der Waals surface area contributed by atoms with Crippen LogP contribution in [0.1, 0.15) is 30.7 Å². The summed E-state index contributed by atoms with van der Waals surface area (Å²) < 4.78 is 39.0. The van der Waals surface area contributed by atoms with Crippen LogP contribution in [0.3, 0.4) is 0 Å². The van der Waals surface area contributed by atoms with Crippen LogP contribution in [-0.4, -0.2) is 79.1 Å². The van der Waals surface area contributed by atoms with Gasteiger partial charge < -0.3 is 25.2 Å². The maximum atomic E-state index is 12.9. The van der Waals surface area contributed by atoms with E-state index in [1.165, 1.54) is 18.4 Å². The molecule has 0 spiro atoms. The maximum Gasteiger partial charge on any atom is 0.244 e. The SMILES string of the molecule is Cc1cc(OC(C)C)c(Nc2ncc(C)c(Nc3ccccc3S(=O)(=O)N(C)C)n2)cc1-c1cc(CN2CCNCC2)no1. The summed E-state index contributed by atoms with van der Waals surface area (Å²) in [4.78, 5) is 11.7. The molecule has 3 N–H and O–H groups in total. The second kappa shape index (κ2) is 13.3. The van der Waals surface area contributed by atoms with Gasteiger partial charge in [0.15, 0.2) is 5.76 Å². The van der Waals surface area contributed by atoms with Crippen molar-refractivity contribution in [3.8, 4) is 17.1 Å². The van der Waals surface area contributed by atoms with Crippen molar-refractivity contribution in [2.24, 2.45) is 0 Å². The average Bonchev–Trinajstić information content (AvgIpc) is 3.44. The number of benzene rings is 2. The molecule has 4 aromatic rings. The van der Waals surface area contributed by atoms with Gasteiger partial charge in [-0.1, -0.05) is 17.3 Å². The highest BCUT2D eigenvalue weighted by atomic mass is 32.2. The van der Waals surface area contributed by atoms with Gasteiger partial charge in [0.1, 0.15) is 16.5 Å². The normalized spacial score (nSPS) is 14.3. The van der Waals surface area contributed by atoms with Crippen LogP contribution < -0.4 is 20.7 Å². The highest BCUT2D eigenvalue weighted by Gasteiger charge is 2.22. The van der Waals surface area contributed by atoms with Crippen LogP contribution in [0.4, 0.5) is 23.1 Å². The van der Waals surface area contributed by atoms with Crippen molar-refractivity contribution in [1.29, 1.82) is 0 Å². The van der Waals surface area contributed by atoms with Gasteiger partial charge in [0.2, 0.25) is 16.0 Å². The molecule has 2 aromatic carbocycles. The fourth-order valence-corrected chi connectivity index (χ4v) is 5.92. The molecule has 5 rings (SSSR count). The number of nitrogens with zero attached hydrogens (tertiary/aromatic N) is 5. The summed E-state index contributed by atoms with van der Waals surface area (Å²) in [6.45, 7) is 12.4. The highest BCUT2D eigenvalue weighted by molar-refractivity contribution is 7.89. The molecule has 0 atom stereocenters. The van der Waals surface area contributed by atoms with Crippen LogP contribution in [0.5, 0.6) is 5.75 Å². The van der Waals surface area contributed by atoms with Crippen molar-refractivity contribution in [2.75, 3.05) is 50.9 Å². The van der Waals surface area contributed by atoms with Crippen LogP contribution >= 0.6 is 0 Å². The maximum absolute atomic E-state index is 12.9. The van der Waals surface area contributed by atoms with Crippen LogP contribution in [0.25, 0.3) is 11.3 Å². The first kappa shape index (κ1) is 31.4. The zero-order chi connectivity index (χ0) is 31.4. The molecule has 0 bridgehead atoms. The minimum atomic E-state index is -3.68. The molecule has 234 valence electrons. The number of anilines is 4. The third-order valence-electron chi connectivity index (χ3n) is 7.23. The summed E-state index contributed by atoms with van der Waals surface area (Å²) in [5.41, 5.74) is 4.54. The van der Waals surface area contributed by atoms with Crippen molar-refractivity contribution >= 4 is 33.2 Å². The predicted octanol–water partition coefficient (Wildman–Crippen LogP) is 4.68. The molecule has 1 fully saturated rings. The second-order valence-electron chi connectivity index (χ2n) is 11.3.